The van der Waals surface area contributed by atoms with Gasteiger partial charge in [-0.15, -0.1) is 0 Å². The highest BCUT2D eigenvalue weighted by Gasteiger charge is 2.02. The van der Waals surface area contributed by atoms with E-state index in [0.717, 1.165) is 31.8 Å². The quantitative estimate of drug-likeness (QED) is 0.660. The van der Waals surface area contributed by atoms with E-state index in [-0.39, 0.29) is 0 Å². The Morgan fingerprint density at radius 2 is 1.89 bits per heavy atom. The zero-order chi connectivity index (χ0) is 13.9. The topological polar surface area (TPSA) is 30.5 Å². The SMILES string of the molecule is CCC(CCCOc1ccc(CCOC)cc1)NC. The Bertz CT molecular complexity index is 320. The number of benzene rings is 1. The second-order valence-corrected chi connectivity index (χ2v) is 4.77. The lowest BCUT2D eigenvalue weighted by Gasteiger charge is -2.13. The van der Waals surface area contributed by atoms with Gasteiger partial charge in [0.25, 0.3) is 0 Å². The highest BCUT2D eigenvalue weighted by molar-refractivity contribution is 5.27. The van der Waals surface area contributed by atoms with E-state index in [2.05, 4.69) is 24.4 Å². The Hall–Kier alpha value is -1.06. The summed E-state index contributed by atoms with van der Waals surface area (Å²) in [6, 6.07) is 8.91. The summed E-state index contributed by atoms with van der Waals surface area (Å²) in [5.41, 5.74) is 1.29. The van der Waals surface area contributed by atoms with Gasteiger partial charge in [0, 0.05) is 13.2 Å². The molecule has 0 bridgehead atoms. The third-order valence-corrected chi connectivity index (χ3v) is 3.38. The molecule has 0 heterocycles. The van der Waals surface area contributed by atoms with Crippen LogP contribution in [0.15, 0.2) is 24.3 Å². The molecule has 1 atom stereocenters. The van der Waals surface area contributed by atoms with Gasteiger partial charge in [0.05, 0.1) is 13.2 Å². The standard InChI is InChI=1S/C16H27NO2/c1-4-15(17-2)6-5-12-19-16-9-7-14(8-10-16)11-13-18-3/h7-10,15,17H,4-6,11-13H2,1-3H3. The Balaban J connectivity index is 2.22. The molecule has 0 saturated carbocycles. The van der Waals surface area contributed by atoms with Crippen LogP contribution in [0.1, 0.15) is 31.7 Å². The maximum atomic E-state index is 5.75. The second-order valence-electron chi connectivity index (χ2n) is 4.77. The lowest BCUT2D eigenvalue weighted by Crippen LogP contribution is -2.24. The molecule has 1 unspecified atom stereocenters. The van der Waals surface area contributed by atoms with Crippen LogP contribution in [0.4, 0.5) is 0 Å². The summed E-state index contributed by atoms with van der Waals surface area (Å²) in [6.07, 6.45) is 4.38. The minimum atomic E-state index is 0.611. The van der Waals surface area contributed by atoms with Crippen LogP contribution in [0.2, 0.25) is 0 Å². The molecule has 0 aromatic heterocycles. The van der Waals surface area contributed by atoms with Gasteiger partial charge in [-0.1, -0.05) is 19.1 Å². The maximum absolute atomic E-state index is 5.75. The van der Waals surface area contributed by atoms with Crippen LogP contribution >= 0.6 is 0 Å². The van der Waals surface area contributed by atoms with Gasteiger partial charge in [0.2, 0.25) is 0 Å². The molecule has 1 aromatic carbocycles. The minimum absolute atomic E-state index is 0.611. The molecule has 19 heavy (non-hydrogen) atoms. The molecule has 3 heteroatoms. The smallest absolute Gasteiger partial charge is 0.119 e. The maximum Gasteiger partial charge on any atom is 0.119 e. The average Bonchev–Trinajstić information content (AvgIpc) is 2.46. The van der Waals surface area contributed by atoms with Crippen molar-refractivity contribution >= 4 is 0 Å². The van der Waals surface area contributed by atoms with E-state index in [0.29, 0.717) is 6.04 Å². The van der Waals surface area contributed by atoms with Crippen LogP contribution in [-0.4, -0.2) is 33.4 Å². The van der Waals surface area contributed by atoms with Crippen molar-refractivity contribution in [1.29, 1.82) is 0 Å². The number of hydrogen-bond donors (Lipinski definition) is 1. The summed E-state index contributed by atoms with van der Waals surface area (Å²) in [5, 5.41) is 3.31. The largest absolute Gasteiger partial charge is 0.494 e. The first kappa shape index (κ1) is 16.0. The van der Waals surface area contributed by atoms with Gasteiger partial charge >= 0.3 is 0 Å². The summed E-state index contributed by atoms with van der Waals surface area (Å²) < 4.78 is 10.8. The van der Waals surface area contributed by atoms with Gasteiger partial charge in [-0.3, -0.25) is 0 Å². The first-order valence-corrected chi connectivity index (χ1v) is 7.18. The summed E-state index contributed by atoms with van der Waals surface area (Å²) in [7, 11) is 3.75. The molecule has 3 nitrogen and oxygen atoms in total. The predicted octanol–water partition coefficient (Wildman–Crippen LogP) is 3.03. The van der Waals surface area contributed by atoms with Crippen molar-refractivity contribution in [2.45, 2.75) is 38.6 Å². The van der Waals surface area contributed by atoms with Crippen LogP contribution in [-0.2, 0) is 11.2 Å². The lowest BCUT2D eigenvalue weighted by atomic mass is 10.1. The molecule has 0 spiro atoms. The van der Waals surface area contributed by atoms with Gasteiger partial charge < -0.3 is 14.8 Å². The molecule has 0 saturated heterocycles. The first-order chi connectivity index (χ1) is 9.30. The molecule has 0 aliphatic rings. The molecule has 0 fully saturated rings. The van der Waals surface area contributed by atoms with Crippen molar-refractivity contribution in [2.24, 2.45) is 0 Å². The Morgan fingerprint density at radius 3 is 2.47 bits per heavy atom. The van der Waals surface area contributed by atoms with Crippen molar-refractivity contribution in [1.82, 2.24) is 5.32 Å². The fraction of sp³-hybridized carbons (Fsp3) is 0.625. The van der Waals surface area contributed by atoms with Crippen LogP contribution < -0.4 is 10.1 Å². The normalized spacial score (nSPS) is 12.4. The molecule has 0 radical (unpaired) electrons. The molecular weight excluding hydrogens is 238 g/mol. The zero-order valence-corrected chi connectivity index (χ0v) is 12.4. The number of methoxy groups -OCH3 is 1. The molecule has 1 N–H and O–H groups in total. The van der Waals surface area contributed by atoms with Crippen molar-refractivity contribution in [3.8, 4) is 5.75 Å². The first-order valence-electron chi connectivity index (χ1n) is 7.18. The van der Waals surface area contributed by atoms with E-state index >= 15 is 0 Å². The Kier molecular flexibility index (Phi) is 8.26. The van der Waals surface area contributed by atoms with E-state index < -0.39 is 0 Å². The van der Waals surface area contributed by atoms with Crippen LogP contribution in [0, 0.1) is 0 Å². The van der Waals surface area contributed by atoms with Crippen molar-refractivity contribution in [3.63, 3.8) is 0 Å². The molecular formula is C16H27NO2. The zero-order valence-electron chi connectivity index (χ0n) is 12.4. The van der Waals surface area contributed by atoms with E-state index in [1.807, 2.05) is 19.2 Å². The number of nitrogens with one attached hydrogen (secondary N) is 1. The summed E-state index contributed by atoms with van der Waals surface area (Å²) >= 11 is 0. The average molecular weight is 265 g/mol. The molecule has 1 aromatic rings. The van der Waals surface area contributed by atoms with E-state index in [4.69, 9.17) is 9.47 Å². The van der Waals surface area contributed by atoms with Gasteiger partial charge in [-0.25, -0.2) is 0 Å². The minimum Gasteiger partial charge on any atom is -0.494 e. The van der Waals surface area contributed by atoms with Crippen LogP contribution in [0.3, 0.4) is 0 Å². The summed E-state index contributed by atoms with van der Waals surface area (Å²) in [6.45, 7) is 3.76. The fourth-order valence-electron chi connectivity index (χ4n) is 2.04. The second kappa shape index (κ2) is 9.82. The van der Waals surface area contributed by atoms with Gasteiger partial charge in [0.1, 0.15) is 5.75 Å². The monoisotopic (exact) mass is 265 g/mol. The number of ether oxygens (including phenoxy) is 2. The Labute approximate surface area is 117 Å². The Morgan fingerprint density at radius 1 is 1.16 bits per heavy atom. The fourth-order valence-corrected chi connectivity index (χ4v) is 2.04. The van der Waals surface area contributed by atoms with Crippen molar-refractivity contribution < 1.29 is 9.47 Å². The van der Waals surface area contributed by atoms with Gasteiger partial charge in [0.15, 0.2) is 0 Å². The summed E-state index contributed by atoms with van der Waals surface area (Å²) in [5.74, 6) is 0.957. The van der Waals surface area contributed by atoms with E-state index in [1.165, 1.54) is 18.4 Å². The molecule has 108 valence electrons. The van der Waals surface area contributed by atoms with E-state index in [1.54, 1.807) is 7.11 Å². The molecule has 0 aliphatic carbocycles. The third-order valence-electron chi connectivity index (χ3n) is 3.38. The van der Waals surface area contributed by atoms with Crippen molar-refractivity contribution in [2.75, 3.05) is 27.4 Å². The molecule has 1 rings (SSSR count). The summed E-state index contributed by atoms with van der Waals surface area (Å²) in [4.78, 5) is 0. The lowest BCUT2D eigenvalue weighted by molar-refractivity contribution is 0.202. The van der Waals surface area contributed by atoms with Crippen LogP contribution in [0.5, 0.6) is 5.75 Å². The van der Waals surface area contributed by atoms with Gasteiger partial charge in [-0.05, 0) is 50.4 Å². The number of rotatable bonds is 10. The predicted molar refractivity (Wildman–Crippen MR) is 79.9 cm³/mol. The van der Waals surface area contributed by atoms with Crippen LogP contribution in [0.25, 0.3) is 0 Å². The van der Waals surface area contributed by atoms with Crippen molar-refractivity contribution in [3.05, 3.63) is 29.8 Å². The number of hydrogen-bond acceptors (Lipinski definition) is 3. The van der Waals surface area contributed by atoms with Gasteiger partial charge in [-0.2, -0.15) is 0 Å². The molecule has 0 amide bonds. The van der Waals surface area contributed by atoms with E-state index in [9.17, 15) is 0 Å². The molecule has 0 aliphatic heterocycles. The highest BCUT2D eigenvalue weighted by Crippen LogP contribution is 2.13. The highest BCUT2D eigenvalue weighted by atomic mass is 16.5. The third kappa shape index (κ3) is 6.60.